The second kappa shape index (κ2) is 4.81. The Kier molecular flexibility index (Phi) is 2.81. The molecule has 106 valence electrons. The summed E-state index contributed by atoms with van der Waals surface area (Å²) in [4.78, 5) is 12.6. The van der Waals surface area contributed by atoms with Gasteiger partial charge in [0.1, 0.15) is 13.2 Å². The molecule has 0 radical (unpaired) electrons. The van der Waals surface area contributed by atoms with E-state index in [1.807, 2.05) is 24.3 Å². The average molecular weight is 281 g/mol. The zero-order valence-corrected chi connectivity index (χ0v) is 11.5. The van der Waals surface area contributed by atoms with Crippen LogP contribution in [0.1, 0.15) is 15.9 Å². The fourth-order valence-electron chi connectivity index (χ4n) is 2.85. The molecule has 0 amide bonds. The van der Waals surface area contributed by atoms with Gasteiger partial charge in [-0.1, -0.05) is 18.2 Å². The van der Waals surface area contributed by atoms with Crippen molar-refractivity contribution in [2.45, 2.75) is 12.5 Å². The second-order valence-electron chi connectivity index (χ2n) is 5.28. The van der Waals surface area contributed by atoms with Gasteiger partial charge in [0.2, 0.25) is 0 Å². The highest BCUT2D eigenvalue weighted by Crippen LogP contribution is 2.32. The number of hydrogen-bond donors (Lipinski definition) is 1. The molecule has 4 nitrogen and oxygen atoms in total. The maximum Gasteiger partial charge on any atom is 0.185 e. The lowest BCUT2D eigenvalue weighted by atomic mass is 10.0. The van der Waals surface area contributed by atoms with Crippen molar-refractivity contribution in [1.29, 1.82) is 0 Å². The van der Waals surface area contributed by atoms with E-state index < -0.39 is 0 Å². The first-order valence-corrected chi connectivity index (χ1v) is 7.09. The van der Waals surface area contributed by atoms with Gasteiger partial charge in [-0.15, -0.1) is 0 Å². The van der Waals surface area contributed by atoms with E-state index in [0.29, 0.717) is 30.3 Å². The molecule has 2 aliphatic heterocycles. The monoisotopic (exact) mass is 281 g/mol. The van der Waals surface area contributed by atoms with Gasteiger partial charge in [-0.3, -0.25) is 4.79 Å². The van der Waals surface area contributed by atoms with Crippen LogP contribution in [0.3, 0.4) is 0 Å². The van der Waals surface area contributed by atoms with Gasteiger partial charge in [-0.2, -0.15) is 0 Å². The van der Waals surface area contributed by atoms with Gasteiger partial charge in [-0.25, -0.2) is 0 Å². The highest BCUT2D eigenvalue weighted by atomic mass is 16.6. The average Bonchev–Trinajstić information content (AvgIpc) is 2.97. The molecule has 2 aliphatic rings. The Labute approximate surface area is 122 Å². The standard InChI is InChI=1S/C17H15NO3/c19-17(14-9-11-3-1-2-4-13(11)18-14)12-5-6-15-16(10-12)21-8-7-20-15/h1-6,10,14,18H,7-9H2. The molecule has 2 heterocycles. The van der Waals surface area contributed by atoms with Gasteiger partial charge in [-0.05, 0) is 29.8 Å². The lowest BCUT2D eigenvalue weighted by Gasteiger charge is -2.19. The summed E-state index contributed by atoms with van der Waals surface area (Å²) in [7, 11) is 0. The Morgan fingerprint density at radius 2 is 1.86 bits per heavy atom. The van der Waals surface area contributed by atoms with Gasteiger partial charge in [0.25, 0.3) is 0 Å². The van der Waals surface area contributed by atoms with Crippen LogP contribution in [0, 0.1) is 0 Å². The van der Waals surface area contributed by atoms with Crippen molar-refractivity contribution in [2.24, 2.45) is 0 Å². The van der Waals surface area contributed by atoms with Crippen molar-refractivity contribution in [2.75, 3.05) is 18.5 Å². The second-order valence-corrected chi connectivity index (χ2v) is 5.28. The SMILES string of the molecule is O=C(c1ccc2c(c1)OCCO2)C1Cc2ccccc2N1. The lowest BCUT2D eigenvalue weighted by Crippen LogP contribution is -2.27. The van der Waals surface area contributed by atoms with E-state index >= 15 is 0 Å². The number of benzene rings is 2. The summed E-state index contributed by atoms with van der Waals surface area (Å²) in [5.74, 6) is 1.45. The summed E-state index contributed by atoms with van der Waals surface area (Å²) in [6.45, 7) is 1.08. The van der Waals surface area contributed by atoms with E-state index in [1.165, 1.54) is 5.56 Å². The van der Waals surface area contributed by atoms with Crippen LogP contribution in [0.4, 0.5) is 5.69 Å². The molecular formula is C17H15NO3. The van der Waals surface area contributed by atoms with Crippen LogP contribution in [0.5, 0.6) is 11.5 Å². The molecule has 2 aromatic rings. The normalized spacial score (nSPS) is 18.8. The highest BCUT2D eigenvalue weighted by molar-refractivity contribution is 6.03. The number of anilines is 1. The fraction of sp³-hybridized carbons (Fsp3) is 0.235. The third kappa shape index (κ3) is 2.13. The largest absolute Gasteiger partial charge is 0.486 e. The van der Waals surface area contributed by atoms with Crippen molar-refractivity contribution in [3.8, 4) is 11.5 Å². The summed E-state index contributed by atoms with van der Waals surface area (Å²) in [6, 6.07) is 13.2. The third-order valence-electron chi connectivity index (χ3n) is 3.91. The third-order valence-corrected chi connectivity index (χ3v) is 3.91. The van der Waals surface area contributed by atoms with Crippen LogP contribution in [0.2, 0.25) is 0 Å². The van der Waals surface area contributed by atoms with Crippen molar-refractivity contribution >= 4 is 11.5 Å². The number of carbonyl (C=O) groups excluding carboxylic acids is 1. The molecule has 1 atom stereocenters. The van der Waals surface area contributed by atoms with Gasteiger partial charge in [0.15, 0.2) is 17.3 Å². The van der Waals surface area contributed by atoms with Crippen molar-refractivity contribution in [3.05, 3.63) is 53.6 Å². The highest BCUT2D eigenvalue weighted by Gasteiger charge is 2.28. The van der Waals surface area contributed by atoms with Crippen LogP contribution in [-0.4, -0.2) is 25.0 Å². The van der Waals surface area contributed by atoms with Crippen molar-refractivity contribution in [3.63, 3.8) is 0 Å². The van der Waals surface area contributed by atoms with Crippen LogP contribution in [0.25, 0.3) is 0 Å². The molecule has 0 saturated heterocycles. The minimum absolute atomic E-state index is 0.0863. The van der Waals surface area contributed by atoms with Crippen LogP contribution in [-0.2, 0) is 6.42 Å². The van der Waals surface area contributed by atoms with Crippen LogP contribution < -0.4 is 14.8 Å². The number of rotatable bonds is 2. The summed E-state index contributed by atoms with van der Waals surface area (Å²) in [5, 5.41) is 3.29. The van der Waals surface area contributed by atoms with Crippen LogP contribution >= 0.6 is 0 Å². The van der Waals surface area contributed by atoms with E-state index in [9.17, 15) is 4.79 Å². The molecule has 21 heavy (non-hydrogen) atoms. The first-order chi connectivity index (χ1) is 10.3. The maximum atomic E-state index is 12.6. The van der Waals surface area contributed by atoms with Gasteiger partial charge < -0.3 is 14.8 Å². The number of para-hydroxylation sites is 1. The molecule has 0 aromatic heterocycles. The van der Waals surface area contributed by atoms with E-state index in [-0.39, 0.29) is 11.8 Å². The Morgan fingerprint density at radius 1 is 1.05 bits per heavy atom. The summed E-state index contributed by atoms with van der Waals surface area (Å²) in [5.41, 5.74) is 2.89. The number of fused-ring (bicyclic) bond motifs is 2. The summed E-state index contributed by atoms with van der Waals surface area (Å²) >= 11 is 0. The smallest absolute Gasteiger partial charge is 0.185 e. The molecular weight excluding hydrogens is 266 g/mol. The Bertz CT molecular complexity index is 686. The first-order valence-electron chi connectivity index (χ1n) is 7.09. The zero-order valence-electron chi connectivity index (χ0n) is 11.5. The predicted molar refractivity (Wildman–Crippen MR) is 79.3 cm³/mol. The molecule has 0 spiro atoms. The molecule has 0 saturated carbocycles. The molecule has 2 aromatic carbocycles. The van der Waals surface area contributed by atoms with Gasteiger partial charge >= 0.3 is 0 Å². The molecule has 4 rings (SSSR count). The number of hydrogen-bond acceptors (Lipinski definition) is 4. The Morgan fingerprint density at radius 3 is 2.71 bits per heavy atom. The first kappa shape index (κ1) is 12.3. The summed E-state index contributed by atoms with van der Waals surface area (Å²) in [6.07, 6.45) is 0.726. The Balaban J connectivity index is 1.59. The van der Waals surface area contributed by atoms with Crippen molar-refractivity contribution in [1.82, 2.24) is 0 Å². The lowest BCUT2D eigenvalue weighted by molar-refractivity contribution is 0.0970. The number of ketones is 1. The molecule has 1 N–H and O–H groups in total. The molecule has 0 bridgehead atoms. The van der Waals surface area contributed by atoms with Gasteiger partial charge in [0.05, 0.1) is 6.04 Å². The Hall–Kier alpha value is -2.49. The number of ether oxygens (including phenoxy) is 2. The van der Waals surface area contributed by atoms with E-state index in [1.54, 1.807) is 12.1 Å². The van der Waals surface area contributed by atoms with Crippen LogP contribution in [0.15, 0.2) is 42.5 Å². The minimum atomic E-state index is -0.204. The fourth-order valence-corrected chi connectivity index (χ4v) is 2.85. The van der Waals surface area contributed by atoms with Gasteiger partial charge in [0, 0.05) is 17.7 Å². The van der Waals surface area contributed by atoms with E-state index in [4.69, 9.17) is 9.47 Å². The number of Topliss-reactive ketones (excluding diaryl/α,β-unsaturated/α-hetero) is 1. The molecule has 4 heteroatoms. The molecule has 0 aliphatic carbocycles. The minimum Gasteiger partial charge on any atom is -0.486 e. The number of nitrogens with one attached hydrogen (secondary N) is 1. The zero-order chi connectivity index (χ0) is 14.2. The quantitative estimate of drug-likeness (QED) is 0.860. The molecule has 1 unspecified atom stereocenters. The summed E-state index contributed by atoms with van der Waals surface area (Å²) < 4.78 is 11.0. The van der Waals surface area contributed by atoms with E-state index in [0.717, 1.165) is 12.1 Å². The maximum absolute atomic E-state index is 12.6. The number of carbonyl (C=O) groups is 1. The molecule has 0 fully saturated rings. The van der Waals surface area contributed by atoms with Crippen molar-refractivity contribution < 1.29 is 14.3 Å². The predicted octanol–water partition coefficient (Wildman–Crippen LogP) is 2.68. The topological polar surface area (TPSA) is 47.6 Å². The van der Waals surface area contributed by atoms with E-state index in [2.05, 4.69) is 11.4 Å².